The van der Waals surface area contributed by atoms with Crippen LogP contribution in [0.1, 0.15) is 18.4 Å². The summed E-state index contributed by atoms with van der Waals surface area (Å²) >= 11 is 0. The number of nitrogens with zero attached hydrogens (tertiary/aromatic N) is 1. The largest absolute Gasteiger partial charge is 0.475 e. The number of para-hydroxylation sites is 1. The summed E-state index contributed by atoms with van der Waals surface area (Å²) in [5.74, 6) is -0.220. The standard InChI is InChI=1S/C12H13FN2O/c13-11-3-1-2-9(8-15-10-4-5-10)12(11)16-7-6-14/h1-3,10,15H,4-5,7-8H2. The number of rotatable bonds is 5. The van der Waals surface area contributed by atoms with E-state index in [1.54, 1.807) is 6.07 Å². The Morgan fingerprint density at radius 2 is 2.31 bits per heavy atom. The molecule has 1 aromatic rings. The zero-order valence-corrected chi connectivity index (χ0v) is 8.87. The molecule has 0 aromatic heterocycles. The maximum absolute atomic E-state index is 13.5. The van der Waals surface area contributed by atoms with Gasteiger partial charge in [-0.3, -0.25) is 0 Å². The molecule has 0 bridgehead atoms. The highest BCUT2D eigenvalue weighted by Gasteiger charge is 2.21. The van der Waals surface area contributed by atoms with Crippen molar-refractivity contribution in [3.8, 4) is 11.8 Å². The van der Waals surface area contributed by atoms with Crippen LogP contribution in [0.25, 0.3) is 0 Å². The van der Waals surface area contributed by atoms with Crippen LogP contribution >= 0.6 is 0 Å². The second-order valence-electron chi connectivity index (χ2n) is 3.83. The summed E-state index contributed by atoms with van der Waals surface area (Å²) in [6.45, 7) is 0.459. The van der Waals surface area contributed by atoms with Gasteiger partial charge in [0, 0.05) is 18.2 Å². The first-order chi connectivity index (χ1) is 7.81. The highest BCUT2D eigenvalue weighted by Crippen LogP contribution is 2.25. The lowest BCUT2D eigenvalue weighted by atomic mass is 10.2. The lowest BCUT2D eigenvalue weighted by Gasteiger charge is -2.10. The Kier molecular flexibility index (Phi) is 3.37. The first-order valence-electron chi connectivity index (χ1n) is 5.32. The molecule has 84 valence electrons. The van der Waals surface area contributed by atoms with Gasteiger partial charge in [0.15, 0.2) is 18.2 Å². The summed E-state index contributed by atoms with van der Waals surface area (Å²) in [5, 5.41) is 11.7. The molecule has 0 atom stereocenters. The molecule has 0 amide bonds. The molecule has 0 heterocycles. The molecule has 4 heteroatoms. The molecule has 3 nitrogen and oxygen atoms in total. The van der Waals surface area contributed by atoms with E-state index in [9.17, 15) is 4.39 Å². The van der Waals surface area contributed by atoms with Crippen molar-refractivity contribution in [2.24, 2.45) is 0 Å². The first kappa shape index (κ1) is 10.9. The van der Waals surface area contributed by atoms with Gasteiger partial charge in [0.1, 0.15) is 6.07 Å². The summed E-state index contributed by atoms with van der Waals surface area (Å²) in [7, 11) is 0. The van der Waals surface area contributed by atoms with Crippen molar-refractivity contribution in [2.45, 2.75) is 25.4 Å². The van der Waals surface area contributed by atoms with Crippen LogP contribution in [-0.4, -0.2) is 12.6 Å². The summed E-state index contributed by atoms with van der Waals surface area (Å²) in [5.41, 5.74) is 0.766. The monoisotopic (exact) mass is 220 g/mol. The average Bonchev–Trinajstić information content (AvgIpc) is 3.09. The Morgan fingerprint density at radius 3 is 3.00 bits per heavy atom. The van der Waals surface area contributed by atoms with Gasteiger partial charge in [-0.05, 0) is 18.9 Å². The first-order valence-corrected chi connectivity index (χ1v) is 5.32. The minimum atomic E-state index is -0.412. The van der Waals surface area contributed by atoms with Crippen molar-refractivity contribution in [3.63, 3.8) is 0 Å². The van der Waals surface area contributed by atoms with Crippen molar-refractivity contribution < 1.29 is 9.13 Å². The third-order valence-electron chi connectivity index (χ3n) is 2.49. The van der Waals surface area contributed by atoms with Crippen LogP contribution in [0.5, 0.6) is 5.75 Å². The van der Waals surface area contributed by atoms with Crippen molar-refractivity contribution in [1.29, 1.82) is 5.26 Å². The molecular formula is C12H13FN2O. The predicted octanol–water partition coefficient (Wildman–Crippen LogP) is 1.98. The van der Waals surface area contributed by atoms with Crippen LogP contribution in [-0.2, 0) is 6.54 Å². The van der Waals surface area contributed by atoms with Crippen LogP contribution in [0.2, 0.25) is 0 Å². The van der Waals surface area contributed by atoms with Crippen molar-refractivity contribution in [1.82, 2.24) is 5.32 Å². The highest BCUT2D eigenvalue weighted by atomic mass is 19.1. The molecule has 1 aromatic carbocycles. The number of nitriles is 1. The molecule has 16 heavy (non-hydrogen) atoms. The summed E-state index contributed by atoms with van der Waals surface area (Å²) in [6.07, 6.45) is 2.37. The highest BCUT2D eigenvalue weighted by molar-refractivity contribution is 5.35. The molecule has 0 radical (unpaired) electrons. The zero-order valence-electron chi connectivity index (χ0n) is 8.87. The lowest BCUT2D eigenvalue weighted by Crippen LogP contribution is -2.16. The zero-order chi connectivity index (χ0) is 11.4. The van der Waals surface area contributed by atoms with E-state index in [4.69, 9.17) is 10.00 Å². The van der Waals surface area contributed by atoms with Crippen molar-refractivity contribution in [2.75, 3.05) is 6.61 Å². The molecule has 1 aliphatic carbocycles. The van der Waals surface area contributed by atoms with Crippen molar-refractivity contribution >= 4 is 0 Å². The maximum atomic E-state index is 13.5. The van der Waals surface area contributed by atoms with Crippen LogP contribution in [0, 0.1) is 17.1 Å². The molecule has 1 fully saturated rings. The minimum Gasteiger partial charge on any atom is -0.475 e. The quantitative estimate of drug-likeness (QED) is 0.825. The van der Waals surface area contributed by atoms with E-state index < -0.39 is 5.82 Å². The van der Waals surface area contributed by atoms with Gasteiger partial charge in [0.25, 0.3) is 0 Å². The van der Waals surface area contributed by atoms with E-state index in [0.717, 1.165) is 5.56 Å². The maximum Gasteiger partial charge on any atom is 0.174 e. The molecule has 0 saturated heterocycles. The fourth-order valence-corrected chi connectivity index (χ4v) is 1.50. The van der Waals surface area contributed by atoms with E-state index in [1.165, 1.54) is 18.9 Å². The van der Waals surface area contributed by atoms with Gasteiger partial charge < -0.3 is 10.1 Å². The van der Waals surface area contributed by atoms with Gasteiger partial charge in [0.2, 0.25) is 0 Å². The summed E-state index contributed by atoms with van der Waals surface area (Å²) < 4.78 is 18.5. The smallest absolute Gasteiger partial charge is 0.174 e. The minimum absolute atomic E-state index is 0.128. The number of halogens is 1. The Hall–Kier alpha value is -1.60. The molecule has 2 rings (SSSR count). The van der Waals surface area contributed by atoms with E-state index in [0.29, 0.717) is 12.6 Å². The average molecular weight is 220 g/mol. The van der Waals surface area contributed by atoms with Crippen molar-refractivity contribution in [3.05, 3.63) is 29.6 Å². The lowest BCUT2D eigenvalue weighted by molar-refractivity contribution is 0.340. The van der Waals surface area contributed by atoms with Gasteiger partial charge in [-0.2, -0.15) is 5.26 Å². The van der Waals surface area contributed by atoms with Gasteiger partial charge in [-0.1, -0.05) is 12.1 Å². The van der Waals surface area contributed by atoms with Gasteiger partial charge in [-0.15, -0.1) is 0 Å². The number of ether oxygens (including phenoxy) is 1. The Balaban J connectivity index is 2.07. The topological polar surface area (TPSA) is 45.0 Å². The Morgan fingerprint density at radius 1 is 1.50 bits per heavy atom. The van der Waals surface area contributed by atoms with Crippen LogP contribution in [0.4, 0.5) is 4.39 Å². The molecule has 0 unspecified atom stereocenters. The summed E-state index contributed by atoms with van der Waals surface area (Å²) in [6, 6.07) is 7.20. The number of hydrogen-bond acceptors (Lipinski definition) is 3. The molecule has 0 aliphatic heterocycles. The molecule has 0 spiro atoms. The van der Waals surface area contributed by atoms with E-state index in [1.807, 2.05) is 12.1 Å². The molecule has 1 N–H and O–H groups in total. The second-order valence-corrected chi connectivity index (χ2v) is 3.83. The predicted molar refractivity (Wildman–Crippen MR) is 57.4 cm³/mol. The Labute approximate surface area is 93.8 Å². The van der Waals surface area contributed by atoms with E-state index in [-0.39, 0.29) is 12.4 Å². The second kappa shape index (κ2) is 4.95. The van der Waals surface area contributed by atoms with Gasteiger partial charge in [-0.25, -0.2) is 4.39 Å². The van der Waals surface area contributed by atoms with Crippen LogP contribution in [0.15, 0.2) is 18.2 Å². The van der Waals surface area contributed by atoms with E-state index >= 15 is 0 Å². The number of nitrogens with one attached hydrogen (secondary N) is 1. The SMILES string of the molecule is N#CCOc1c(F)cccc1CNC1CC1. The van der Waals surface area contributed by atoms with Gasteiger partial charge in [0.05, 0.1) is 0 Å². The number of hydrogen-bond donors (Lipinski definition) is 1. The molecular weight excluding hydrogens is 207 g/mol. The van der Waals surface area contributed by atoms with Crippen LogP contribution in [0.3, 0.4) is 0 Å². The normalized spacial score (nSPS) is 14.5. The Bertz CT molecular complexity index is 410. The van der Waals surface area contributed by atoms with E-state index in [2.05, 4.69) is 5.32 Å². The van der Waals surface area contributed by atoms with Crippen LogP contribution < -0.4 is 10.1 Å². The third-order valence-corrected chi connectivity index (χ3v) is 2.49. The fraction of sp³-hybridized carbons (Fsp3) is 0.417. The summed E-state index contributed by atoms with van der Waals surface area (Å²) in [4.78, 5) is 0. The number of benzene rings is 1. The molecule has 1 saturated carbocycles. The molecule has 1 aliphatic rings. The third kappa shape index (κ3) is 2.71. The fourth-order valence-electron chi connectivity index (χ4n) is 1.50. The van der Waals surface area contributed by atoms with Gasteiger partial charge >= 0.3 is 0 Å².